The highest BCUT2D eigenvalue weighted by atomic mass is 15.4. The van der Waals surface area contributed by atoms with Crippen LogP contribution in [-0.4, -0.2) is 18.7 Å². The highest BCUT2D eigenvalue weighted by Crippen LogP contribution is 2.33. The number of aromatic nitrogens is 12. The second-order valence-electron chi connectivity index (χ2n) is 29.0. The molecule has 0 saturated carbocycles. The van der Waals surface area contributed by atoms with E-state index in [1.54, 1.807) is 0 Å². The van der Waals surface area contributed by atoms with Crippen LogP contribution in [0.4, 0.5) is 5.69 Å². The van der Waals surface area contributed by atoms with Crippen LogP contribution in [-0.2, 0) is 33.6 Å². The summed E-state index contributed by atoms with van der Waals surface area (Å²) in [5, 5.41) is 4.94. The Balaban J connectivity index is 0.000000124. The van der Waals surface area contributed by atoms with E-state index in [0.29, 0.717) is 5.69 Å². The van der Waals surface area contributed by atoms with Crippen molar-refractivity contribution in [2.75, 3.05) is 0 Å². The van der Waals surface area contributed by atoms with Gasteiger partial charge in [0.2, 0.25) is 44.8 Å². The Kier molecular flexibility index (Phi) is 19.8. The lowest BCUT2D eigenvalue weighted by molar-refractivity contribution is -0.744. The van der Waals surface area contributed by atoms with Crippen LogP contribution >= 0.6 is 0 Å². The van der Waals surface area contributed by atoms with Crippen LogP contribution in [0.3, 0.4) is 0 Å². The van der Waals surface area contributed by atoms with Crippen molar-refractivity contribution in [2.24, 2.45) is 28.2 Å². The summed E-state index contributed by atoms with van der Waals surface area (Å²) in [5.41, 5.74) is 30.0. The maximum Gasteiger partial charge on any atom is 0.219 e. The van der Waals surface area contributed by atoms with Gasteiger partial charge >= 0.3 is 0 Å². The quantitative estimate of drug-likeness (QED) is 0.108. The van der Waals surface area contributed by atoms with E-state index in [2.05, 4.69) is 405 Å². The molecule has 0 unspecified atom stereocenters. The van der Waals surface area contributed by atoms with E-state index in [1.165, 1.54) is 128 Å². The number of rotatable bonds is 8. The molecule has 0 aliphatic heterocycles. The molecule has 0 atom stereocenters. The van der Waals surface area contributed by atoms with Crippen LogP contribution in [0.2, 0.25) is 0 Å². The van der Waals surface area contributed by atoms with Gasteiger partial charge in [-0.15, -0.1) is 37.5 Å². The Bertz CT molecular complexity index is 6060. The summed E-state index contributed by atoms with van der Waals surface area (Å²) < 4.78 is 26.4. The molecule has 0 N–H and O–H groups in total. The largest absolute Gasteiger partial charge is 0.238 e. The summed E-state index contributed by atoms with van der Waals surface area (Å²) in [6.45, 7) is 38.4. The Labute approximate surface area is 618 Å². The first kappa shape index (κ1) is 71.1. The number of hydrogen-bond donors (Lipinski definition) is 0. The third kappa shape index (κ3) is 13.8. The molecule has 13 nitrogen and oxygen atoms in total. The van der Waals surface area contributed by atoms with Gasteiger partial charge in [-0.05, 0) is 143 Å². The van der Waals surface area contributed by atoms with Crippen molar-refractivity contribution < 1.29 is 37.0 Å². The maximum atomic E-state index is 7.57. The van der Waals surface area contributed by atoms with Gasteiger partial charge in [0.1, 0.15) is 22.7 Å². The molecule has 0 aliphatic rings. The number of nitrogens with zero attached hydrogens (tertiary/aromatic N) is 13. The highest BCUT2D eigenvalue weighted by molar-refractivity contribution is 5.79. The standard InChI is InChI=1S/C25H29N3.C23H25N3.C22H20N4.C22H23N3/c1-18-12-13-20-10-7-8-11-22(20)28(18)24-17-21(25(3,4)5)16-23(19(24)2)27-15-9-14-26(27)6;1-16-15-17(2)23(19(4)22(16)25-14-8-13-24(25)5)26-18(3)11-12-20-9-6-7-10-21(20)26;1-16-10-11-18-8-5-6-9-20(18)26(16)22-15-19(23-3)14-21(17(22)2)25-13-7-12-24(25)4;1-16-14-21(24-13-7-12-23(24)4)18(3)22(15-16)25-17(2)10-11-19-8-5-6-9-20(19)25/h7-17H,1-6H3;6-15H,1-5H3;5-15H,1-2,4H3;5-15H,1-4H3/q4*+2. The van der Waals surface area contributed by atoms with Crippen LogP contribution in [0.25, 0.3) is 94.0 Å². The average molecular weight is 1380 g/mol. The molecular weight excluding hydrogens is 1290 g/mol. The molecule has 0 radical (unpaired) electrons. The number of aryl methyl sites for hydroxylation is 11. The molecule has 8 heterocycles. The lowest BCUT2D eigenvalue weighted by Crippen LogP contribution is -2.40. The third-order valence-electron chi connectivity index (χ3n) is 20.6. The topological polar surface area (TPSA) is 55.1 Å². The zero-order valence-corrected chi connectivity index (χ0v) is 64.1. The normalized spacial score (nSPS) is 11.3. The van der Waals surface area contributed by atoms with Gasteiger partial charge in [0.05, 0.1) is 48.0 Å². The van der Waals surface area contributed by atoms with Gasteiger partial charge in [0.25, 0.3) is 0 Å². The zero-order valence-electron chi connectivity index (χ0n) is 64.1. The molecule has 16 aromatic rings. The highest BCUT2D eigenvalue weighted by Gasteiger charge is 2.31. The number of fused-ring (bicyclic) bond motifs is 4. The van der Waals surface area contributed by atoms with Gasteiger partial charge in [-0.25, -0.2) is 4.85 Å². The molecule has 105 heavy (non-hydrogen) atoms. The zero-order chi connectivity index (χ0) is 74.3. The smallest absolute Gasteiger partial charge is 0.219 e. The van der Waals surface area contributed by atoms with Crippen molar-refractivity contribution in [1.82, 2.24) is 18.7 Å². The molecule has 0 amide bonds. The van der Waals surface area contributed by atoms with Gasteiger partial charge in [-0.1, -0.05) is 69.3 Å². The number of pyridine rings is 4. The molecule has 8 aromatic heterocycles. The number of para-hydroxylation sites is 4. The predicted molar refractivity (Wildman–Crippen MR) is 421 cm³/mol. The third-order valence-corrected chi connectivity index (χ3v) is 20.6. The minimum Gasteiger partial charge on any atom is -0.238 e. The Morgan fingerprint density at radius 1 is 0.324 bits per heavy atom. The van der Waals surface area contributed by atoms with E-state index >= 15 is 0 Å². The van der Waals surface area contributed by atoms with Gasteiger partial charge < -0.3 is 0 Å². The summed E-state index contributed by atoms with van der Waals surface area (Å²) in [6.07, 6.45) is 16.6. The lowest BCUT2D eigenvalue weighted by Gasteiger charge is -2.21. The molecule has 8 aromatic carbocycles. The van der Waals surface area contributed by atoms with Crippen LogP contribution in [0.5, 0.6) is 0 Å². The minimum atomic E-state index is 0.0575. The first-order valence-corrected chi connectivity index (χ1v) is 36.1. The fourth-order valence-corrected chi connectivity index (χ4v) is 15.1. The van der Waals surface area contributed by atoms with Gasteiger partial charge in [0.15, 0.2) is 81.4 Å². The predicted octanol–water partition coefficient (Wildman–Crippen LogP) is 16.2. The molecule has 0 spiro atoms. The van der Waals surface area contributed by atoms with Gasteiger partial charge in [0, 0.05) is 151 Å². The summed E-state index contributed by atoms with van der Waals surface area (Å²) in [4.78, 5) is 3.72. The van der Waals surface area contributed by atoms with E-state index in [1.807, 2.05) is 42.3 Å². The molecular formula is C92H97N13+8. The molecule has 16 rings (SSSR count). The van der Waals surface area contributed by atoms with Crippen molar-refractivity contribution in [3.63, 3.8) is 0 Å². The SMILES string of the molecule is Cc1c(-n2ccc[n+]2C)cc(C(C)(C)C)cc1-[n+]1c(C)ccc2ccccc21.Cc1cc(-n2ccc[n+]2C)c(C)c(-[n+]2c(C)ccc3ccccc32)c1.Cc1cc(C)c(-[n+]2c(C)ccc3ccccc32)c(C)c1-n1ccc[n+]1C.[C-]#[N+]c1cc(-n2ccc[n+]2C)c(C)c(-[n+]2c(C)ccc3ccccc32)c1. The molecule has 0 saturated heterocycles. The lowest BCUT2D eigenvalue weighted by atomic mass is 9.85. The Morgan fingerprint density at radius 2 is 0.667 bits per heavy atom. The van der Waals surface area contributed by atoms with Crippen LogP contribution in [0.15, 0.2) is 262 Å². The Hall–Kier alpha value is -12.3. The Morgan fingerprint density at radius 3 is 1.05 bits per heavy atom. The molecule has 13 heteroatoms. The van der Waals surface area contributed by atoms with Crippen LogP contribution in [0.1, 0.15) is 88.1 Å². The van der Waals surface area contributed by atoms with E-state index in [0.717, 1.165) is 28.1 Å². The van der Waals surface area contributed by atoms with Crippen molar-refractivity contribution in [3.05, 3.63) is 341 Å². The van der Waals surface area contributed by atoms with Crippen molar-refractivity contribution in [2.45, 2.75) is 102 Å². The fourth-order valence-electron chi connectivity index (χ4n) is 15.1. The molecule has 0 fully saturated rings. The molecule has 0 aliphatic carbocycles. The molecule has 522 valence electrons. The van der Waals surface area contributed by atoms with Gasteiger partial charge in [-0.3, -0.25) is 0 Å². The second-order valence-corrected chi connectivity index (χ2v) is 29.0. The second kappa shape index (κ2) is 29.2. The monoisotopic (exact) mass is 1380 g/mol. The first-order valence-electron chi connectivity index (χ1n) is 36.1. The first-order chi connectivity index (χ1) is 50.4. The summed E-state index contributed by atoms with van der Waals surface area (Å²) >= 11 is 0. The summed E-state index contributed by atoms with van der Waals surface area (Å²) in [6, 6.07) is 75.3. The molecule has 0 bridgehead atoms. The fraction of sp³-hybridized carbons (Fsp3) is 0.207. The van der Waals surface area contributed by atoms with Crippen LogP contribution in [0, 0.1) is 82.7 Å². The minimum absolute atomic E-state index is 0.0575. The van der Waals surface area contributed by atoms with Crippen LogP contribution < -0.4 is 37.0 Å². The van der Waals surface area contributed by atoms with E-state index in [-0.39, 0.29) is 5.41 Å². The van der Waals surface area contributed by atoms with Crippen molar-refractivity contribution >= 4 is 49.3 Å². The van der Waals surface area contributed by atoms with E-state index in [9.17, 15) is 0 Å². The average Bonchev–Trinajstić information content (AvgIpc) is 1.71. The summed E-state index contributed by atoms with van der Waals surface area (Å²) in [7, 11) is 8.23. The van der Waals surface area contributed by atoms with E-state index in [4.69, 9.17) is 6.57 Å². The van der Waals surface area contributed by atoms with E-state index < -0.39 is 0 Å². The van der Waals surface area contributed by atoms with Gasteiger partial charge in [-0.2, -0.15) is 18.3 Å². The van der Waals surface area contributed by atoms with Crippen molar-refractivity contribution in [3.8, 4) is 45.5 Å². The number of benzene rings is 8. The number of hydrogen-bond acceptors (Lipinski definition) is 0. The van der Waals surface area contributed by atoms with Crippen molar-refractivity contribution in [1.29, 1.82) is 0 Å². The summed E-state index contributed by atoms with van der Waals surface area (Å²) in [5.74, 6) is 0. The maximum absolute atomic E-state index is 7.57.